The molecular formula is C95H148O17P2. The topological polar surface area (TPSA) is 237 Å². The first-order valence-corrected chi connectivity index (χ1v) is 45.6. The van der Waals surface area contributed by atoms with Gasteiger partial charge in [0.25, 0.3) is 0 Å². The lowest BCUT2D eigenvalue weighted by molar-refractivity contribution is -0.161. The Morgan fingerprint density at radius 2 is 0.482 bits per heavy atom. The van der Waals surface area contributed by atoms with Crippen molar-refractivity contribution in [3.05, 3.63) is 231 Å². The first kappa shape index (κ1) is 107. The van der Waals surface area contributed by atoms with Crippen LogP contribution < -0.4 is 0 Å². The summed E-state index contributed by atoms with van der Waals surface area (Å²) in [5.74, 6) is -2.50. The molecule has 3 N–H and O–H groups in total. The van der Waals surface area contributed by atoms with Crippen molar-refractivity contribution in [2.45, 2.75) is 303 Å². The van der Waals surface area contributed by atoms with Gasteiger partial charge < -0.3 is 33.8 Å². The number of phosphoric acid groups is 2. The number of hydrogen-bond donors (Lipinski definition) is 3. The number of aliphatic hydroxyl groups is 1. The zero-order valence-electron chi connectivity index (χ0n) is 70.1. The maximum absolute atomic E-state index is 13.1. The molecule has 0 amide bonds. The third kappa shape index (κ3) is 83.1. The Bertz CT molecular complexity index is 3070. The van der Waals surface area contributed by atoms with Crippen molar-refractivity contribution in [2.75, 3.05) is 39.6 Å². The van der Waals surface area contributed by atoms with Crippen molar-refractivity contribution >= 4 is 39.5 Å². The van der Waals surface area contributed by atoms with E-state index in [0.29, 0.717) is 44.9 Å². The Labute approximate surface area is 689 Å². The van der Waals surface area contributed by atoms with Crippen LogP contribution >= 0.6 is 15.6 Å². The Morgan fingerprint density at radius 1 is 0.254 bits per heavy atom. The van der Waals surface area contributed by atoms with Gasteiger partial charge in [-0.05, 0) is 186 Å². The highest BCUT2D eigenvalue weighted by molar-refractivity contribution is 7.47. The van der Waals surface area contributed by atoms with Crippen LogP contribution in [0.2, 0.25) is 0 Å². The van der Waals surface area contributed by atoms with Gasteiger partial charge >= 0.3 is 39.5 Å². The molecule has 114 heavy (non-hydrogen) atoms. The molecule has 0 spiro atoms. The summed E-state index contributed by atoms with van der Waals surface area (Å²) in [6.45, 7) is 4.37. The van der Waals surface area contributed by atoms with Gasteiger partial charge in [-0.15, -0.1) is 0 Å². The predicted octanol–water partition coefficient (Wildman–Crippen LogP) is 25.8. The van der Waals surface area contributed by atoms with E-state index in [1.54, 1.807) is 0 Å². The van der Waals surface area contributed by atoms with Crippen molar-refractivity contribution < 1.29 is 80.2 Å². The Hall–Kier alpha value is -6.88. The second-order valence-electron chi connectivity index (χ2n) is 27.3. The lowest BCUT2D eigenvalue weighted by atomic mass is 10.1. The van der Waals surface area contributed by atoms with E-state index in [0.717, 1.165) is 128 Å². The minimum Gasteiger partial charge on any atom is -0.462 e. The number of carbonyl (C=O) groups excluding carboxylic acids is 4. The maximum atomic E-state index is 13.1. The van der Waals surface area contributed by atoms with Crippen LogP contribution in [0, 0.1) is 0 Å². The normalized spacial score (nSPS) is 14.9. The molecule has 0 bridgehead atoms. The van der Waals surface area contributed by atoms with Gasteiger partial charge in [-0.25, -0.2) is 9.13 Å². The summed E-state index contributed by atoms with van der Waals surface area (Å²) >= 11 is 0. The summed E-state index contributed by atoms with van der Waals surface area (Å²) in [7, 11) is -10.1. The molecule has 19 heteroatoms. The molecule has 0 aliphatic rings. The van der Waals surface area contributed by atoms with Crippen molar-refractivity contribution in [3.63, 3.8) is 0 Å². The number of phosphoric ester groups is 2. The number of rotatable bonds is 77. The molecular weight excluding hydrogens is 1470 g/mol. The van der Waals surface area contributed by atoms with Gasteiger partial charge in [0, 0.05) is 25.7 Å². The number of ether oxygens (including phenoxy) is 4. The quantitative estimate of drug-likeness (QED) is 0.0169. The zero-order valence-corrected chi connectivity index (χ0v) is 71.9. The van der Waals surface area contributed by atoms with E-state index in [9.17, 15) is 43.2 Å². The third-order valence-corrected chi connectivity index (χ3v) is 18.5. The molecule has 0 saturated heterocycles. The first-order chi connectivity index (χ1) is 55.7. The van der Waals surface area contributed by atoms with Gasteiger partial charge in [-0.2, -0.15) is 0 Å². The van der Waals surface area contributed by atoms with Crippen LogP contribution in [0.4, 0.5) is 0 Å². The average molecular weight is 1620 g/mol. The molecule has 0 radical (unpaired) electrons. The molecule has 0 aromatic rings. The van der Waals surface area contributed by atoms with Gasteiger partial charge in [0.15, 0.2) is 12.2 Å². The van der Waals surface area contributed by atoms with Crippen LogP contribution in [0.25, 0.3) is 0 Å². The summed E-state index contributed by atoms with van der Waals surface area (Å²) in [4.78, 5) is 73.2. The molecule has 0 saturated carbocycles. The van der Waals surface area contributed by atoms with E-state index in [-0.39, 0.29) is 25.7 Å². The van der Waals surface area contributed by atoms with E-state index in [1.807, 2.05) is 48.6 Å². The summed E-state index contributed by atoms with van der Waals surface area (Å²) in [6.07, 6.45) is 109. The van der Waals surface area contributed by atoms with E-state index in [1.165, 1.54) is 57.8 Å². The first-order valence-electron chi connectivity index (χ1n) is 42.6. The fourth-order valence-corrected chi connectivity index (χ4v) is 11.7. The van der Waals surface area contributed by atoms with Crippen LogP contribution in [0.3, 0.4) is 0 Å². The molecule has 0 aromatic carbocycles. The lowest BCUT2D eigenvalue weighted by Gasteiger charge is -2.21. The van der Waals surface area contributed by atoms with Crippen LogP contribution in [-0.2, 0) is 65.4 Å². The number of unbranched alkanes of at least 4 members (excludes halogenated alkanes) is 13. The van der Waals surface area contributed by atoms with Crippen molar-refractivity contribution in [1.29, 1.82) is 0 Å². The second-order valence-corrected chi connectivity index (χ2v) is 30.2. The average Bonchev–Trinajstić information content (AvgIpc) is 0.897. The minimum atomic E-state index is -5.04. The molecule has 0 heterocycles. The van der Waals surface area contributed by atoms with Gasteiger partial charge in [0.2, 0.25) is 0 Å². The highest BCUT2D eigenvalue weighted by Crippen LogP contribution is 2.45. The third-order valence-electron chi connectivity index (χ3n) is 16.6. The largest absolute Gasteiger partial charge is 0.472 e. The van der Waals surface area contributed by atoms with Crippen LogP contribution in [0.5, 0.6) is 0 Å². The molecule has 0 aromatic heterocycles. The van der Waals surface area contributed by atoms with Crippen LogP contribution in [0.1, 0.15) is 285 Å². The minimum absolute atomic E-state index is 0.0169. The number of esters is 4. The number of allylic oxidation sites excluding steroid dienone is 38. The molecule has 0 fully saturated rings. The molecule has 0 aliphatic heterocycles. The second kappa shape index (κ2) is 84.0. The van der Waals surface area contributed by atoms with Gasteiger partial charge in [0.1, 0.15) is 19.3 Å². The van der Waals surface area contributed by atoms with Crippen LogP contribution in [-0.4, -0.2) is 96.7 Å². The highest BCUT2D eigenvalue weighted by Gasteiger charge is 2.30. The number of carbonyl (C=O) groups is 4. The molecule has 0 rings (SSSR count). The van der Waals surface area contributed by atoms with Crippen molar-refractivity contribution in [2.24, 2.45) is 0 Å². The Kier molecular flexibility index (Phi) is 79.0. The van der Waals surface area contributed by atoms with Crippen LogP contribution in [0.15, 0.2) is 231 Å². The van der Waals surface area contributed by atoms with E-state index in [2.05, 4.69) is 210 Å². The van der Waals surface area contributed by atoms with Gasteiger partial charge in [0.05, 0.1) is 26.4 Å². The Balaban J connectivity index is 5.64. The monoisotopic (exact) mass is 1620 g/mol. The maximum Gasteiger partial charge on any atom is 0.472 e. The van der Waals surface area contributed by atoms with Crippen molar-refractivity contribution in [1.82, 2.24) is 0 Å². The van der Waals surface area contributed by atoms with E-state index >= 15 is 0 Å². The smallest absolute Gasteiger partial charge is 0.462 e. The van der Waals surface area contributed by atoms with E-state index in [4.69, 9.17) is 37.0 Å². The molecule has 5 atom stereocenters. The SMILES string of the molecule is CC/C=C\C/C=C\C/C=C\C/C=C\C/C=C\CCCCCC(=O)O[C@H](COC(=O)CC/C=C\C/C=C\C/C=C\C/C=C\C/C=C\CCCCC)COP(=O)(O)OC[C@@H](O)COP(=O)(O)OC[C@@H](COC(=O)CCC/C=C\C/C=C\C/C=C\C/C=C\CCCCC)OC(=O)CC/C=C\C/C=C\C/C=C\C/C=C\C/C=C\CCCCC. The molecule has 17 nitrogen and oxygen atoms in total. The number of aliphatic hydroxyl groups excluding tert-OH is 1. The predicted molar refractivity (Wildman–Crippen MR) is 472 cm³/mol. The fraction of sp³-hybridized carbons (Fsp3) is 0.558. The van der Waals surface area contributed by atoms with Crippen molar-refractivity contribution in [3.8, 4) is 0 Å². The van der Waals surface area contributed by atoms with Gasteiger partial charge in [-0.3, -0.25) is 37.3 Å². The standard InChI is InChI=1S/C95H148O17P2/c1-5-9-13-17-21-25-29-33-37-41-44-48-52-56-60-64-68-72-76-80-93(98)106-86-91(112-95(100)82-78-74-70-66-62-58-54-50-46-43-39-35-31-27-23-19-15-11-7-3)88-110-114(103,104)108-84-89(96)83-107-113(101,102)109-87-90(85-105-92(97)79-75-71-67-63-59-55-51-47-40-36-32-28-24-20-16-12-8-4)111-94(99)81-77-73-69-65-61-57-53-49-45-42-38-34-30-26-22-18-14-10-6-2/h11,15,21-28,33-40,44-46,48-51,55-58,60-63,67-69,72-73,89-91,96H,5-10,12-14,16-20,29-32,41-43,47,52-54,59,64-66,70-71,74-88H2,1-4H3,(H,101,102)(H,103,104)/b15-11-,25-21-,26-22-,27-23-,28-24-,37-33-,38-34-,39-35-,40-36-,48-44-,49-45-,50-46-,55-51-,60-56-,61-57-,62-58-,67-63-,72-68-,73-69-/t89-,90+,91+/m0/s1. The fourth-order valence-electron chi connectivity index (χ4n) is 10.1. The summed E-state index contributed by atoms with van der Waals surface area (Å²) in [6, 6.07) is 0. The van der Waals surface area contributed by atoms with E-state index < -0.39 is 97.5 Å². The molecule has 640 valence electrons. The number of hydrogen-bond acceptors (Lipinski definition) is 15. The lowest BCUT2D eigenvalue weighted by Crippen LogP contribution is -2.30. The summed E-state index contributed by atoms with van der Waals surface area (Å²) in [5, 5.41) is 10.7. The highest BCUT2D eigenvalue weighted by atomic mass is 31.2. The molecule has 2 unspecified atom stereocenters. The zero-order chi connectivity index (χ0) is 83.1. The van der Waals surface area contributed by atoms with Gasteiger partial charge in [-0.1, -0.05) is 304 Å². The summed E-state index contributed by atoms with van der Waals surface area (Å²) in [5.41, 5.74) is 0. The summed E-state index contributed by atoms with van der Waals surface area (Å²) < 4.78 is 68.5. The molecule has 0 aliphatic carbocycles. The Morgan fingerprint density at radius 3 is 0.781 bits per heavy atom.